The third-order valence-corrected chi connectivity index (χ3v) is 4.16. The predicted octanol–water partition coefficient (Wildman–Crippen LogP) is 2.10. The Balaban J connectivity index is 1.90. The molecular weight excluding hydrogens is 271 g/mol. The maximum atomic E-state index is 8.90. The van der Waals surface area contributed by atoms with Gasteiger partial charge in [-0.15, -0.1) is 0 Å². The number of nitrogens with zero attached hydrogens (tertiary/aromatic N) is 2. The first-order valence-electron chi connectivity index (χ1n) is 6.19. The van der Waals surface area contributed by atoms with Crippen LogP contribution in [0.15, 0.2) is 18.2 Å². The van der Waals surface area contributed by atoms with E-state index in [9.17, 15) is 0 Å². The summed E-state index contributed by atoms with van der Waals surface area (Å²) in [5, 5.41) is 10.2. The largest absolute Gasteiger partial charge is 0.395 e. The van der Waals surface area contributed by atoms with E-state index in [1.807, 2.05) is 18.2 Å². The van der Waals surface area contributed by atoms with Gasteiger partial charge in [0.25, 0.3) is 0 Å². The van der Waals surface area contributed by atoms with Gasteiger partial charge in [-0.2, -0.15) is 0 Å². The van der Waals surface area contributed by atoms with Crippen molar-refractivity contribution in [3.63, 3.8) is 0 Å². The number of benzene rings is 1. The van der Waals surface area contributed by atoms with Crippen LogP contribution in [-0.4, -0.2) is 54.2 Å². The monoisotopic (exact) mass is 288 g/mol. The number of hydrogen-bond acceptors (Lipinski definition) is 3. The zero-order valence-corrected chi connectivity index (χ0v) is 11.8. The van der Waals surface area contributed by atoms with Crippen LogP contribution in [0.3, 0.4) is 0 Å². The maximum Gasteiger partial charge on any atom is 0.0637 e. The van der Waals surface area contributed by atoms with Crippen molar-refractivity contribution in [3.8, 4) is 0 Å². The van der Waals surface area contributed by atoms with Crippen LogP contribution in [0.25, 0.3) is 0 Å². The van der Waals surface area contributed by atoms with Crippen molar-refractivity contribution in [1.29, 1.82) is 0 Å². The first-order chi connectivity index (χ1) is 8.70. The van der Waals surface area contributed by atoms with Crippen LogP contribution in [0, 0.1) is 0 Å². The van der Waals surface area contributed by atoms with Gasteiger partial charge in [0.1, 0.15) is 0 Å². The van der Waals surface area contributed by atoms with E-state index in [4.69, 9.17) is 28.3 Å². The molecule has 1 aliphatic heterocycles. The molecule has 0 aromatic heterocycles. The molecule has 1 aromatic carbocycles. The van der Waals surface area contributed by atoms with Crippen LogP contribution in [0.4, 0.5) is 0 Å². The van der Waals surface area contributed by atoms with E-state index in [1.165, 1.54) is 0 Å². The summed E-state index contributed by atoms with van der Waals surface area (Å²) in [6, 6.07) is 5.77. The Bertz CT molecular complexity index is 393. The van der Waals surface area contributed by atoms with Crippen molar-refractivity contribution in [2.75, 3.05) is 39.3 Å². The SMILES string of the molecule is OCCN1CCN(Cc2cccc(Cl)c2Cl)CC1. The van der Waals surface area contributed by atoms with Gasteiger partial charge in [-0.25, -0.2) is 0 Å². The molecule has 1 heterocycles. The Morgan fingerprint density at radius 3 is 2.39 bits per heavy atom. The standard InChI is InChI=1S/C13H18Cl2N2O/c14-12-3-1-2-11(13(12)15)10-17-6-4-16(5-7-17)8-9-18/h1-3,18H,4-10H2. The Morgan fingerprint density at radius 1 is 1.06 bits per heavy atom. The highest BCUT2D eigenvalue weighted by Crippen LogP contribution is 2.26. The van der Waals surface area contributed by atoms with Gasteiger partial charge in [0, 0.05) is 39.3 Å². The van der Waals surface area contributed by atoms with Crippen molar-refractivity contribution >= 4 is 23.2 Å². The van der Waals surface area contributed by atoms with Gasteiger partial charge < -0.3 is 5.11 Å². The summed E-state index contributed by atoms with van der Waals surface area (Å²) < 4.78 is 0. The van der Waals surface area contributed by atoms with Gasteiger partial charge in [0.15, 0.2) is 0 Å². The molecule has 2 rings (SSSR count). The molecule has 0 amide bonds. The highest BCUT2D eigenvalue weighted by Gasteiger charge is 2.17. The molecule has 100 valence electrons. The van der Waals surface area contributed by atoms with Crippen molar-refractivity contribution in [2.24, 2.45) is 0 Å². The topological polar surface area (TPSA) is 26.7 Å². The van der Waals surface area contributed by atoms with E-state index in [1.54, 1.807) is 0 Å². The van der Waals surface area contributed by atoms with Crippen LogP contribution in [0.5, 0.6) is 0 Å². The van der Waals surface area contributed by atoms with Gasteiger partial charge in [-0.05, 0) is 11.6 Å². The van der Waals surface area contributed by atoms with Crippen LogP contribution in [0.1, 0.15) is 5.56 Å². The lowest BCUT2D eigenvalue weighted by molar-refractivity contribution is 0.108. The average molecular weight is 289 g/mol. The van der Waals surface area contributed by atoms with E-state index in [-0.39, 0.29) is 6.61 Å². The third-order valence-electron chi connectivity index (χ3n) is 3.31. The Hall–Kier alpha value is -0.320. The van der Waals surface area contributed by atoms with E-state index >= 15 is 0 Å². The first-order valence-corrected chi connectivity index (χ1v) is 6.95. The Kier molecular flexibility index (Phi) is 5.27. The van der Waals surface area contributed by atoms with Crippen LogP contribution < -0.4 is 0 Å². The summed E-state index contributed by atoms with van der Waals surface area (Å²) in [6.07, 6.45) is 0. The molecule has 0 aliphatic carbocycles. The van der Waals surface area contributed by atoms with Gasteiger partial charge in [0.05, 0.1) is 16.7 Å². The molecule has 0 saturated carbocycles. The molecule has 5 heteroatoms. The molecule has 18 heavy (non-hydrogen) atoms. The van der Waals surface area contributed by atoms with Crippen molar-refractivity contribution in [3.05, 3.63) is 33.8 Å². The number of aliphatic hydroxyl groups is 1. The molecule has 1 aliphatic rings. The number of hydrogen-bond donors (Lipinski definition) is 1. The van der Waals surface area contributed by atoms with Crippen molar-refractivity contribution < 1.29 is 5.11 Å². The highest BCUT2D eigenvalue weighted by atomic mass is 35.5. The number of aliphatic hydroxyl groups excluding tert-OH is 1. The minimum Gasteiger partial charge on any atom is -0.395 e. The van der Waals surface area contributed by atoms with Crippen LogP contribution in [-0.2, 0) is 6.54 Å². The van der Waals surface area contributed by atoms with Gasteiger partial charge in [0.2, 0.25) is 0 Å². The summed E-state index contributed by atoms with van der Waals surface area (Å²) in [6.45, 7) is 5.85. The maximum absolute atomic E-state index is 8.90. The lowest BCUT2D eigenvalue weighted by Gasteiger charge is -2.34. The van der Waals surface area contributed by atoms with Gasteiger partial charge in [-0.3, -0.25) is 9.80 Å². The second kappa shape index (κ2) is 6.73. The van der Waals surface area contributed by atoms with Crippen molar-refractivity contribution in [2.45, 2.75) is 6.54 Å². The number of β-amino-alcohol motifs (C(OH)–C–C–N with tert-alkyl or cyclic N) is 1. The van der Waals surface area contributed by atoms with Crippen LogP contribution in [0.2, 0.25) is 10.0 Å². The molecule has 0 unspecified atom stereocenters. The second-order valence-electron chi connectivity index (χ2n) is 4.55. The first kappa shape index (κ1) is 14.1. The minimum atomic E-state index is 0.236. The van der Waals surface area contributed by atoms with E-state index < -0.39 is 0 Å². The Morgan fingerprint density at radius 2 is 1.72 bits per heavy atom. The van der Waals surface area contributed by atoms with E-state index in [2.05, 4.69) is 9.80 Å². The van der Waals surface area contributed by atoms with Crippen LogP contribution >= 0.6 is 23.2 Å². The molecule has 1 fully saturated rings. The summed E-state index contributed by atoms with van der Waals surface area (Å²) >= 11 is 12.2. The third kappa shape index (κ3) is 3.59. The summed E-state index contributed by atoms with van der Waals surface area (Å²) in [5.74, 6) is 0. The summed E-state index contributed by atoms with van der Waals surface area (Å²) in [7, 11) is 0. The summed E-state index contributed by atoms with van der Waals surface area (Å²) in [5.41, 5.74) is 1.08. The molecule has 3 nitrogen and oxygen atoms in total. The number of rotatable bonds is 4. The minimum absolute atomic E-state index is 0.236. The predicted molar refractivity (Wildman–Crippen MR) is 75.3 cm³/mol. The molecule has 0 atom stereocenters. The fourth-order valence-electron chi connectivity index (χ4n) is 2.22. The summed E-state index contributed by atoms with van der Waals surface area (Å²) in [4.78, 5) is 4.64. The highest BCUT2D eigenvalue weighted by molar-refractivity contribution is 6.42. The molecule has 0 radical (unpaired) electrons. The zero-order chi connectivity index (χ0) is 13.0. The van der Waals surface area contributed by atoms with Gasteiger partial charge in [-0.1, -0.05) is 35.3 Å². The molecule has 0 bridgehead atoms. The van der Waals surface area contributed by atoms with Gasteiger partial charge >= 0.3 is 0 Å². The normalized spacial score (nSPS) is 18.2. The number of halogens is 2. The molecule has 1 aromatic rings. The lowest BCUT2D eigenvalue weighted by atomic mass is 10.2. The Labute approximate surface area is 118 Å². The second-order valence-corrected chi connectivity index (χ2v) is 5.34. The van der Waals surface area contributed by atoms with E-state index in [0.29, 0.717) is 10.0 Å². The quantitative estimate of drug-likeness (QED) is 0.919. The fraction of sp³-hybridized carbons (Fsp3) is 0.538. The molecular formula is C13H18Cl2N2O. The molecule has 0 spiro atoms. The molecule has 1 N–H and O–H groups in total. The van der Waals surface area contributed by atoms with Crippen molar-refractivity contribution in [1.82, 2.24) is 9.80 Å². The average Bonchev–Trinajstić information content (AvgIpc) is 2.38. The molecule has 1 saturated heterocycles. The zero-order valence-electron chi connectivity index (χ0n) is 10.3. The fourth-order valence-corrected chi connectivity index (χ4v) is 2.60. The van der Waals surface area contributed by atoms with E-state index in [0.717, 1.165) is 44.8 Å². The smallest absolute Gasteiger partial charge is 0.0637 e. The lowest BCUT2D eigenvalue weighted by Crippen LogP contribution is -2.46. The number of piperazine rings is 1.